The molecule has 1 aromatic rings. The van der Waals surface area contributed by atoms with Crippen LogP contribution in [0.1, 0.15) is 12.5 Å². The van der Waals surface area contributed by atoms with E-state index in [4.69, 9.17) is 4.74 Å². The van der Waals surface area contributed by atoms with Crippen molar-refractivity contribution in [1.29, 1.82) is 0 Å². The summed E-state index contributed by atoms with van der Waals surface area (Å²) in [6.45, 7) is -0.549. The van der Waals surface area contributed by atoms with Gasteiger partial charge in [0, 0.05) is 0 Å². The van der Waals surface area contributed by atoms with E-state index in [1.807, 2.05) is 19.1 Å². The maximum atomic E-state index is 12.2. The predicted molar refractivity (Wildman–Crippen MR) is 59.5 cm³/mol. The van der Waals surface area contributed by atoms with E-state index < -0.39 is 19.1 Å². The molecule has 0 bridgehead atoms. The number of hydrogen-bond donors (Lipinski definition) is 0. The number of ether oxygens (including phenoxy) is 1. The minimum atomic E-state index is -5.00. The lowest BCUT2D eigenvalue weighted by atomic mass is 9.81. The van der Waals surface area contributed by atoms with Gasteiger partial charge in [0.1, 0.15) is 5.75 Å². The van der Waals surface area contributed by atoms with Crippen molar-refractivity contribution in [3.05, 3.63) is 41.9 Å². The fourth-order valence-corrected chi connectivity index (χ4v) is 1.09. The molecule has 16 heavy (non-hydrogen) atoms. The fourth-order valence-electron chi connectivity index (χ4n) is 1.09. The third-order valence-corrected chi connectivity index (χ3v) is 2.22. The van der Waals surface area contributed by atoms with Crippen LogP contribution in [0, 0.1) is 0 Å². The number of halogens is 3. The van der Waals surface area contributed by atoms with Crippen LogP contribution in [0.5, 0.6) is 5.75 Å². The molecule has 0 fully saturated rings. The molecule has 88 valence electrons. The van der Waals surface area contributed by atoms with Gasteiger partial charge in [-0.25, -0.2) is 0 Å². The second-order valence-corrected chi connectivity index (χ2v) is 3.52. The summed E-state index contributed by atoms with van der Waals surface area (Å²) in [5, 5.41) is 0. The lowest BCUT2D eigenvalue weighted by Crippen LogP contribution is -2.23. The molecule has 0 unspecified atom stereocenters. The standard InChI is InChI=1S/C11H13BF3O/c1-3-10-4-6-11(7-5-10)16-8-9(2)12(13,14)15/h4-7H,2-3,8H2,1H3/q-1. The zero-order valence-electron chi connectivity index (χ0n) is 9.05. The number of aryl methyl sites for hydroxylation is 1. The first kappa shape index (κ1) is 12.7. The van der Waals surface area contributed by atoms with Gasteiger partial charge in [0.25, 0.3) is 0 Å². The largest absolute Gasteiger partial charge is 0.508 e. The number of hydrogen-bond acceptors (Lipinski definition) is 1. The Kier molecular flexibility index (Phi) is 4.04. The molecule has 0 saturated heterocycles. The van der Waals surface area contributed by atoms with Gasteiger partial charge in [-0.3, -0.25) is 0 Å². The van der Waals surface area contributed by atoms with Crippen LogP contribution in [0.4, 0.5) is 12.9 Å². The quantitative estimate of drug-likeness (QED) is 0.701. The van der Waals surface area contributed by atoms with Gasteiger partial charge in [0.05, 0.1) is 6.61 Å². The molecule has 0 radical (unpaired) electrons. The predicted octanol–water partition coefficient (Wildman–Crippen LogP) is 3.57. The van der Waals surface area contributed by atoms with Crippen LogP contribution in [0.25, 0.3) is 0 Å². The van der Waals surface area contributed by atoms with Crippen LogP contribution in [0.3, 0.4) is 0 Å². The molecule has 1 rings (SSSR count). The smallest absolute Gasteiger partial charge is 0.492 e. The summed E-state index contributed by atoms with van der Waals surface area (Å²) in [5.74, 6) is 0.429. The Hall–Kier alpha value is -1.39. The van der Waals surface area contributed by atoms with Gasteiger partial charge >= 0.3 is 6.98 Å². The third-order valence-electron chi connectivity index (χ3n) is 2.22. The van der Waals surface area contributed by atoms with Gasteiger partial charge in [-0.05, 0) is 24.1 Å². The van der Waals surface area contributed by atoms with Crippen LogP contribution in [0.2, 0.25) is 0 Å². The van der Waals surface area contributed by atoms with Crippen LogP contribution >= 0.6 is 0 Å². The summed E-state index contributed by atoms with van der Waals surface area (Å²) < 4.78 is 41.5. The zero-order valence-corrected chi connectivity index (χ0v) is 9.05. The lowest BCUT2D eigenvalue weighted by molar-refractivity contribution is 0.346. The first-order valence-corrected chi connectivity index (χ1v) is 5.03. The Labute approximate surface area is 93.0 Å². The van der Waals surface area contributed by atoms with Gasteiger partial charge < -0.3 is 17.7 Å². The molecule has 5 heteroatoms. The maximum absolute atomic E-state index is 12.2. The molecular weight excluding hydrogens is 216 g/mol. The Balaban J connectivity index is 2.52. The summed E-state index contributed by atoms with van der Waals surface area (Å²) >= 11 is 0. The van der Waals surface area contributed by atoms with Crippen molar-refractivity contribution in [2.24, 2.45) is 0 Å². The third kappa shape index (κ3) is 3.64. The summed E-state index contributed by atoms with van der Waals surface area (Å²) in [5.41, 5.74) is 0.297. The van der Waals surface area contributed by atoms with Crippen LogP contribution in [0.15, 0.2) is 36.3 Å². The first-order valence-electron chi connectivity index (χ1n) is 5.03. The van der Waals surface area contributed by atoms with E-state index in [-0.39, 0.29) is 0 Å². The second kappa shape index (κ2) is 5.10. The average Bonchev–Trinajstić information content (AvgIpc) is 2.25. The maximum Gasteiger partial charge on any atom is 0.508 e. The molecule has 0 amide bonds. The van der Waals surface area contributed by atoms with E-state index >= 15 is 0 Å². The molecule has 1 aromatic carbocycles. The normalized spacial score (nSPS) is 11.2. The number of rotatable bonds is 5. The molecule has 0 aromatic heterocycles. The van der Waals surface area contributed by atoms with Gasteiger partial charge in [-0.15, -0.1) is 12.1 Å². The minimum absolute atomic E-state index is 0.429. The summed E-state index contributed by atoms with van der Waals surface area (Å²) in [4.78, 5) is 0. The fraction of sp³-hybridized carbons (Fsp3) is 0.273. The molecule has 0 aliphatic carbocycles. The second-order valence-electron chi connectivity index (χ2n) is 3.52. The molecule has 0 aliphatic heterocycles. The molecule has 0 N–H and O–H groups in total. The first-order chi connectivity index (χ1) is 7.43. The average molecular weight is 229 g/mol. The minimum Gasteiger partial charge on any atom is -0.492 e. The van der Waals surface area contributed by atoms with Crippen LogP contribution < -0.4 is 4.74 Å². The van der Waals surface area contributed by atoms with E-state index in [1.165, 1.54) is 0 Å². The van der Waals surface area contributed by atoms with Gasteiger partial charge in [0.15, 0.2) is 0 Å². The van der Waals surface area contributed by atoms with Gasteiger partial charge in [-0.2, -0.15) is 0 Å². The molecule has 0 aliphatic rings. The van der Waals surface area contributed by atoms with E-state index in [1.54, 1.807) is 12.1 Å². The van der Waals surface area contributed by atoms with Crippen LogP contribution in [-0.2, 0) is 6.42 Å². The summed E-state index contributed by atoms with van der Waals surface area (Å²) in [7, 11) is 0. The topological polar surface area (TPSA) is 9.23 Å². The van der Waals surface area contributed by atoms with E-state index in [9.17, 15) is 12.9 Å². The van der Waals surface area contributed by atoms with E-state index in [0.717, 1.165) is 12.0 Å². The van der Waals surface area contributed by atoms with Crippen molar-refractivity contribution in [1.82, 2.24) is 0 Å². The molecule has 0 saturated carbocycles. The zero-order chi connectivity index (χ0) is 12.2. The summed E-state index contributed by atoms with van der Waals surface area (Å²) in [6.07, 6.45) is 0.888. The van der Waals surface area contributed by atoms with Crippen molar-refractivity contribution < 1.29 is 17.7 Å². The van der Waals surface area contributed by atoms with Crippen LogP contribution in [-0.4, -0.2) is 13.6 Å². The Bertz CT molecular complexity index is 356. The highest BCUT2D eigenvalue weighted by Crippen LogP contribution is 2.20. The molecule has 1 nitrogen and oxygen atoms in total. The van der Waals surface area contributed by atoms with E-state index in [0.29, 0.717) is 5.75 Å². The Morgan fingerprint density at radius 1 is 1.25 bits per heavy atom. The van der Waals surface area contributed by atoms with Crippen molar-refractivity contribution in [3.63, 3.8) is 0 Å². The van der Waals surface area contributed by atoms with Crippen molar-refractivity contribution in [2.45, 2.75) is 13.3 Å². The molecule has 0 atom stereocenters. The number of benzene rings is 1. The van der Waals surface area contributed by atoms with E-state index in [2.05, 4.69) is 6.58 Å². The summed E-state index contributed by atoms with van der Waals surface area (Å²) in [6, 6.07) is 6.98. The van der Waals surface area contributed by atoms with Crippen molar-refractivity contribution >= 4 is 6.98 Å². The highest BCUT2D eigenvalue weighted by molar-refractivity contribution is 6.66. The molecule has 0 heterocycles. The molecular formula is C11H13BF3O-. The van der Waals surface area contributed by atoms with Crippen molar-refractivity contribution in [2.75, 3.05) is 6.61 Å². The Morgan fingerprint density at radius 2 is 1.81 bits per heavy atom. The van der Waals surface area contributed by atoms with Crippen molar-refractivity contribution in [3.8, 4) is 5.75 Å². The monoisotopic (exact) mass is 229 g/mol. The van der Waals surface area contributed by atoms with Gasteiger partial charge in [-0.1, -0.05) is 19.1 Å². The SMILES string of the molecule is C=C(COc1ccc(CC)cc1)[B-](F)(F)F. The highest BCUT2D eigenvalue weighted by atomic mass is 19.4. The Morgan fingerprint density at radius 3 is 2.25 bits per heavy atom. The van der Waals surface area contributed by atoms with Gasteiger partial charge in [0.2, 0.25) is 0 Å². The highest BCUT2D eigenvalue weighted by Gasteiger charge is 2.26. The molecule has 0 spiro atoms. The lowest BCUT2D eigenvalue weighted by Gasteiger charge is -2.18.